The van der Waals surface area contributed by atoms with E-state index >= 15 is 0 Å². The van der Waals surface area contributed by atoms with Gasteiger partial charge in [-0.2, -0.15) is 13.2 Å². The molecule has 6 heteroatoms. The Kier molecular flexibility index (Phi) is 4.29. The summed E-state index contributed by atoms with van der Waals surface area (Å²) in [6, 6.07) is 4.00. The maximum Gasteiger partial charge on any atom is 0.433 e. The van der Waals surface area contributed by atoms with Gasteiger partial charge in [0, 0.05) is 12.6 Å². The fraction of sp³-hybridized carbons (Fsp3) is 0.615. The van der Waals surface area contributed by atoms with E-state index in [1.165, 1.54) is 18.9 Å². The Bertz CT molecular complexity index is 414. The molecule has 0 radical (unpaired) electrons. The molecule has 0 amide bonds. The summed E-state index contributed by atoms with van der Waals surface area (Å²) in [6.07, 6.45) is -1.99. The number of hydrogen-bond donors (Lipinski definition) is 1. The van der Waals surface area contributed by atoms with Crippen molar-refractivity contribution >= 4 is 5.82 Å². The highest BCUT2D eigenvalue weighted by atomic mass is 19.4. The van der Waals surface area contributed by atoms with Gasteiger partial charge < -0.3 is 10.2 Å². The van der Waals surface area contributed by atoms with Crippen LogP contribution < -0.4 is 5.32 Å². The number of anilines is 1. The fourth-order valence-electron chi connectivity index (χ4n) is 2.32. The molecule has 0 spiro atoms. The van der Waals surface area contributed by atoms with Gasteiger partial charge in [0.25, 0.3) is 0 Å². The van der Waals surface area contributed by atoms with Crippen LogP contribution in [0.4, 0.5) is 19.0 Å². The van der Waals surface area contributed by atoms with Crippen molar-refractivity contribution in [1.29, 1.82) is 0 Å². The highest BCUT2D eigenvalue weighted by Crippen LogP contribution is 2.28. The molecule has 1 aromatic rings. The molecule has 1 aliphatic heterocycles. The van der Waals surface area contributed by atoms with Gasteiger partial charge in [0.1, 0.15) is 11.5 Å². The number of nitrogens with zero attached hydrogens (tertiary/aromatic N) is 2. The van der Waals surface area contributed by atoms with E-state index in [0.717, 1.165) is 25.7 Å². The lowest BCUT2D eigenvalue weighted by Crippen LogP contribution is -2.33. The number of likely N-dealkylation sites (tertiary alicyclic amines) is 1. The number of hydrogen-bond acceptors (Lipinski definition) is 3. The molecule has 0 aromatic carbocycles. The van der Waals surface area contributed by atoms with E-state index < -0.39 is 11.9 Å². The second-order valence-electron chi connectivity index (χ2n) is 4.96. The molecule has 1 fully saturated rings. The van der Waals surface area contributed by atoms with Crippen molar-refractivity contribution in [2.45, 2.75) is 32.0 Å². The summed E-state index contributed by atoms with van der Waals surface area (Å²) in [4.78, 5) is 5.91. The third kappa shape index (κ3) is 4.09. The van der Waals surface area contributed by atoms with E-state index in [1.54, 1.807) is 6.07 Å². The third-order valence-corrected chi connectivity index (χ3v) is 3.16. The molecule has 1 N–H and O–H groups in total. The first-order valence-electron chi connectivity index (χ1n) is 6.48. The van der Waals surface area contributed by atoms with Crippen molar-refractivity contribution in [1.82, 2.24) is 9.88 Å². The molecule has 0 bridgehead atoms. The zero-order valence-corrected chi connectivity index (χ0v) is 10.9. The Morgan fingerprint density at radius 2 is 2.00 bits per heavy atom. The van der Waals surface area contributed by atoms with Crippen LogP contribution in [-0.2, 0) is 6.18 Å². The number of halogens is 3. The first kappa shape index (κ1) is 14.1. The second-order valence-corrected chi connectivity index (χ2v) is 4.96. The van der Waals surface area contributed by atoms with Crippen molar-refractivity contribution < 1.29 is 13.2 Å². The normalized spacial score (nSPS) is 18.5. The van der Waals surface area contributed by atoms with Gasteiger partial charge in [0.05, 0.1) is 0 Å². The molecule has 1 aromatic heterocycles. The van der Waals surface area contributed by atoms with Gasteiger partial charge in [-0.25, -0.2) is 4.98 Å². The van der Waals surface area contributed by atoms with Crippen molar-refractivity contribution in [2.75, 3.05) is 25.0 Å². The number of alkyl halides is 3. The lowest BCUT2D eigenvalue weighted by atomic mass is 10.3. The maximum absolute atomic E-state index is 12.5. The Hall–Kier alpha value is -1.30. The molecule has 3 nitrogen and oxygen atoms in total. The van der Waals surface area contributed by atoms with Gasteiger partial charge in [0.15, 0.2) is 0 Å². The maximum atomic E-state index is 12.5. The largest absolute Gasteiger partial charge is 0.433 e. The summed E-state index contributed by atoms with van der Waals surface area (Å²) in [5.74, 6) is 0.279. The summed E-state index contributed by atoms with van der Waals surface area (Å²) >= 11 is 0. The molecule has 1 atom stereocenters. The van der Waals surface area contributed by atoms with E-state index in [9.17, 15) is 13.2 Å². The second kappa shape index (κ2) is 5.77. The molecule has 0 saturated carbocycles. The Morgan fingerprint density at radius 1 is 1.32 bits per heavy atom. The lowest BCUT2D eigenvalue weighted by molar-refractivity contribution is -0.141. The number of aromatic nitrogens is 1. The van der Waals surface area contributed by atoms with E-state index in [-0.39, 0.29) is 11.9 Å². The standard InChI is InChI=1S/C13H18F3N3/c1-10(9-19-7-2-3-8-19)17-12-6-4-5-11(18-12)13(14,15)16/h4-6,10H,2-3,7-9H2,1H3,(H,17,18). The Morgan fingerprint density at radius 3 is 2.63 bits per heavy atom. The average Bonchev–Trinajstić information content (AvgIpc) is 2.80. The molecule has 106 valence electrons. The first-order chi connectivity index (χ1) is 8.95. The van der Waals surface area contributed by atoms with Gasteiger partial charge in [-0.15, -0.1) is 0 Å². The minimum atomic E-state index is -4.39. The quantitative estimate of drug-likeness (QED) is 0.914. The van der Waals surface area contributed by atoms with Gasteiger partial charge in [-0.3, -0.25) is 0 Å². The summed E-state index contributed by atoms with van der Waals surface area (Å²) in [5.41, 5.74) is -0.856. The van der Waals surface area contributed by atoms with Crippen LogP contribution in [0.3, 0.4) is 0 Å². The predicted octanol–water partition coefficient (Wildman–Crippen LogP) is 3.00. The minimum absolute atomic E-state index is 0.0779. The van der Waals surface area contributed by atoms with Crippen LogP contribution >= 0.6 is 0 Å². The van der Waals surface area contributed by atoms with Crippen LogP contribution in [-0.4, -0.2) is 35.6 Å². The fourth-order valence-corrected chi connectivity index (χ4v) is 2.32. The SMILES string of the molecule is CC(CN1CCCC1)Nc1cccc(C(F)(F)F)n1. The van der Waals surface area contributed by atoms with Crippen molar-refractivity contribution in [2.24, 2.45) is 0 Å². The van der Waals surface area contributed by atoms with Gasteiger partial charge in [-0.1, -0.05) is 6.07 Å². The molecule has 19 heavy (non-hydrogen) atoms. The van der Waals surface area contributed by atoms with E-state index in [1.807, 2.05) is 6.92 Å². The lowest BCUT2D eigenvalue weighted by Gasteiger charge is -2.21. The molecule has 0 aliphatic carbocycles. The number of pyridine rings is 1. The smallest absolute Gasteiger partial charge is 0.366 e. The molecular weight excluding hydrogens is 255 g/mol. The van der Waals surface area contributed by atoms with Gasteiger partial charge in [0.2, 0.25) is 0 Å². The zero-order valence-electron chi connectivity index (χ0n) is 10.9. The molecule has 1 saturated heterocycles. The highest BCUT2D eigenvalue weighted by Gasteiger charge is 2.32. The Labute approximate surface area is 110 Å². The topological polar surface area (TPSA) is 28.2 Å². The first-order valence-corrected chi connectivity index (χ1v) is 6.48. The number of nitrogens with one attached hydrogen (secondary N) is 1. The van der Waals surface area contributed by atoms with Crippen LogP contribution in [0.1, 0.15) is 25.5 Å². The summed E-state index contributed by atoms with van der Waals surface area (Å²) in [5, 5.41) is 3.03. The van der Waals surface area contributed by atoms with E-state index in [2.05, 4.69) is 15.2 Å². The van der Waals surface area contributed by atoms with Crippen molar-refractivity contribution in [3.05, 3.63) is 23.9 Å². The van der Waals surface area contributed by atoms with Crippen LogP contribution in [0, 0.1) is 0 Å². The van der Waals surface area contributed by atoms with Crippen molar-refractivity contribution in [3.63, 3.8) is 0 Å². The van der Waals surface area contributed by atoms with Gasteiger partial charge >= 0.3 is 6.18 Å². The average molecular weight is 273 g/mol. The Balaban J connectivity index is 1.94. The predicted molar refractivity (Wildman–Crippen MR) is 68.0 cm³/mol. The van der Waals surface area contributed by atoms with Gasteiger partial charge in [-0.05, 0) is 45.0 Å². The van der Waals surface area contributed by atoms with Crippen LogP contribution in [0.2, 0.25) is 0 Å². The molecule has 1 unspecified atom stereocenters. The highest BCUT2D eigenvalue weighted by molar-refractivity contribution is 5.37. The summed E-state index contributed by atoms with van der Waals surface area (Å²) < 4.78 is 37.6. The zero-order chi connectivity index (χ0) is 13.9. The molecule has 2 rings (SSSR count). The van der Waals surface area contributed by atoms with E-state index in [0.29, 0.717) is 0 Å². The summed E-state index contributed by atoms with van der Waals surface area (Å²) in [6.45, 7) is 4.93. The number of rotatable bonds is 4. The van der Waals surface area contributed by atoms with Crippen LogP contribution in [0.5, 0.6) is 0 Å². The third-order valence-electron chi connectivity index (χ3n) is 3.16. The van der Waals surface area contributed by atoms with Crippen LogP contribution in [0.15, 0.2) is 18.2 Å². The minimum Gasteiger partial charge on any atom is -0.366 e. The molecule has 2 heterocycles. The van der Waals surface area contributed by atoms with Crippen LogP contribution in [0.25, 0.3) is 0 Å². The van der Waals surface area contributed by atoms with E-state index in [4.69, 9.17) is 0 Å². The monoisotopic (exact) mass is 273 g/mol. The molecular formula is C13H18F3N3. The van der Waals surface area contributed by atoms with Crippen molar-refractivity contribution in [3.8, 4) is 0 Å². The molecule has 1 aliphatic rings. The summed E-state index contributed by atoms with van der Waals surface area (Å²) in [7, 11) is 0.